The van der Waals surface area contributed by atoms with Gasteiger partial charge >= 0.3 is 0 Å². The monoisotopic (exact) mass is 378 g/mol. The molecular formula is C20H22N6O2. The molecule has 3 aromatic rings. The Balaban J connectivity index is 1.72. The second kappa shape index (κ2) is 7.30. The van der Waals surface area contributed by atoms with Crippen LogP contribution in [0.1, 0.15) is 34.9 Å². The molecule has 2 N–H and O–H groups in total. The molecule has 8 nitrogen and oxygen atoms in total. The fraction of sp³-hybridized carbons (Fsp3) is 0.300. The van der Waals surface area contributed by atoms with Crippen LogP contribution in [-0.4, -0.2) is 44.2 Å². The molecule has 1 aliphatic heterocycles. The summed E-state index contributed by atoms with van der Waals surface area (Å²) in [6.07, 6.45) is 6.78. The maximum Gasteiger partial charge on any atom is 0.257 e. The smallest absolute Gasteiger partial charge is 0.257 e. The molecule has 1 amide bonds. The first-order valence-electron chi connectivity index (χ1n) is 9.13. The normalized spacial score (nSPS) is 16.4. The van der Waals surface area contributed by atoms with E-state index in [9.17, 15) is 4.79 Å². The van der Waals surface area contributed by atoms with Gasteiger partial charge in [0.2, 0.25) is 5.95 Å². The number of rotatable bonds is 4. The van der Waals surface area contributed by atoms with E-state index in [0.29, 0.717) is 12.1 Å². The lowest BCUT2D eigenvalue weighted by Gasteiger charge is -2.25. The number of amides is 1. The molecule has 28 heavy (non-hydrogen) atoms. The number of nitrogens with two attached hydrogens (primary N) is 1. The number of ether oxygens (including phenoxy) is 1. The van der Waals surface area contributed by atoms with E-state index in [4.69, 9.17) is 10.5 Å². The molecule has 0 saturated carbocycles. The van der Waals surface area contributed by atoms with Gasteiger partial charge in [-0.25, -0.2) is 9.97 Å². The van der Waals surface area contributed by atoms with Gasteiger partial charge in [0.05, 0.1) is 30.6 Å². The number of aryl methyl sites for hydroxylation is 1. The number of carbonyl (C=O) groups is 1. The second-order valence-electron chi connectivity index (χ2n) is 6.81. The summed E-state index contributed by atoms with van der Waals surface area (Å²) in [4.78, 5) is 23.6. The molecule has 1 atom stereocenters. The summed E-state index contributed by atoms with van der Waals surface area (Å²) in [7, 11) is 3.43. The van der Waals surface area contributed by atoms with Crippen molar-refractivity contribution >= 4 is 11.9 Å². The summed E-state index contributed by atoms with van der Waals surface area (Å²) in [5.74, 6) is 0.928. The Morgan fingerprint density at radius 1 is 1.25 bits per heavy atom. The fourth-order valence-electron chi connectivity index (χ4n) is 3.65. The van der Waals surface area contributed by atoms with Crippen molar-refractivity contribution in [1.82, 2.24) is 24.6 Å². The number of likely N-dealkylation sites (tertiary alicyclic amines) is 1. The van der Waals surface area contributed by atoms with Crippen molar-refractivity contribution in [3.8, 4) is 16.9 Å². The molecule has 1 aromatic carbocycles. The Hall–Kier alpha value is -3.42. The molecule has 0 radical (unpaired) electrons. The summed E-state index contributed by atoms with van der Waals surface area (Å²) >= 11 is 0. The third-order valence-electron chi connectivity index (χ3n) is 5.02. The number of hydrogen-bond donors (Lipinski definition) is 1. The Kier molecular flexibility index (Phi) is 4.68. The molecule has 1 fully saturated rings. The molecule has 4 rings (SSSR count). The number of methoxy groups -OCH3 is 1. The number of hydrogen-bond acceptors (Lipinski definition) is 6. The lowest BCUT2D eigenvalue weighted by atomic mass is 9.99. The zero-order valence-corrected chi connectivity index (χ0v) is 15.9. The Morgan fingerprint density at radius 3 is 2.71 bits per heavy atom. The van der Waals surface area contributed by atoms with Crippen LogP contribution in [0.3, 0.4) is 0 Å². The van der Waals surface area contributed by atoms with Gasteiger partial charge < -0.3 is 15.4 Å². The van der Waals surface area contributed by atoms with Crippen molar-refractivity contribution in [2.24, 2.45) is 7.05 Å². The van der Waals surface area contributed by atoms with E-state index in [-0.39, 0.29) is 17.9 Å². The van der Waals surface area contributed by atoms with Crippen LogP contribution < -0.4 is 10.5 Å². The third kappa shape index (κ3) is 3.28. The zero-order valence-electron chi connectivity index (χ0n) is 15.9. The van der Waals surface area contributed by atoms with Crippen LogP contribution >= 0.6 is 0 Å². The van der Waals surface area contributed by atoms with Crippen LogP contribution in [-0.2, 0) is 7.05 Å². The van der Waals surface area contributed by atoms with E-state index in [1.54, 1.807) is 37.4 Å². The van der Waals surface area contributed by atoms with Crippen LogP contribution in [0.5, 0.6) is 5.75 Å². The molecule has 2 aromatic heterocycles. The first-order valence-corrected chi connectivity index (χ1v) is 9.13. The maximum absolute atomic E-state index is 13.0. The average Bonchev–Trinajstić information content (AvgIpc) is 3.37. The summed E-state index contributed by atoms with van der Waals surface area (Å²) in [6.45, 7) is 0.671. The van der Waals surface area contributed by atoms with Crippen molar-refractivity contribution in [2.45, 2.75) is 18.9 Å². The van der Waals surface area contributed by atoms with E-state index in [1.807, 2.05) is 29.2 Å². The van der Waals surface area contributed by atoms with Gasteiger partial charge in [-0.1, -0.05) is 12.1 Å². The standard InChI is InChI=1S/C20H22N6O2/c1-25-12-14(10-23-25)19(27)26-9-3-4-17(26)18-16(11-22-20(21)24-18)13-5-7-15(28-2)8-6-13/h5-8,10-12,17H,3-4,9H2,1-2H3,(H2,21,22,24). The van der Waals surface area contributed by atoms with Gasteiger partial charge in [0.15, 0.2) is 0 Å². The van der Waals surface area contributed by atoms with Gasteiger partial charge in [-0.15, -0.1) is 0 Å². The van der Waals surface area contributed by atoms with Gasteiger partial charge in [0.1, 0.15) is 5.75 Å². The summed E-state index contributed by atoms with van der Waals surface area (Å²) in [6, 6.07) is 7.54. The largest absolute Gasteiger partial charge is 0.497 e. The minimum absolute atomic E-state index is 0.0477. The van der Waals surface area contributed by atoms with Gasteiger partial charge in [-0.05, 0) is 30.5 Å². The Morgan fingerprint density at radius 2 is 2.04 bits per heavy atom. The van der Waals surface area contributed by atoms with E-state index in [2.05, 4.69) is 15.1 Å². The van der Waals surface area contributed by atoms with Crippen molar-refractivity contribution in [3.05, 3.63) is 54.1 Å². The number of carbonyl (C=O) groups excluding carboxylic acids is 1. The fourth-order valence-corrected chi connectivity index (χ4v) is 3.65. The topological polar surface area (TPSA) is 99.2 Å². The van der Waals surface area contributed by atoms with E-state index in [1.165, 1.54) is 0 Å². The van der Waals surface area contributed by atoms with Crippen molar-refractivity contribution in [2.75, 3.05) is 19.4 Å². The van der Waals surface area contributed by atoms with E-state index in [0.717, 1.165) is 35.4 Å². The quantitative estimate of drug-likeness (QED) is 0.749. The zero-order chi connectivity index (χ0) is 19.7. The molecule has 3 heterocycles. The van der Waals surface area contributed by atoms with Crippen molar-refractivity contribution in [3.63, 3.8) is 0 Å². The third-order valence-corrected chi connectivity index (χ3v) is 5.02. The predicted octanol–water partition coefficient (Wildman–Crippen LogP) is 2.45. The Bertz CT molecular complexity index is 998. The first kappa shape index (κ1) is 18.0. The Labute approximate surface area is 163 Å². The van der Waals surface area contributed by atoms with Gasteiger partial charge in [0.25, 0.3) is 5.91 Å². The van der Waals surface area contributed by atoms with E-state index < -0.39 is 0 Å². The van der Waals surface area contributed by atoms with Crippen LogP contribution in [0, 0.1) is 0 Å². The molecule has 1 unspecified atom stereocenters. The van der Waals surface area contributed by atoms with Gasteiger partial charge in [-0.3, -0.25) is 9.48 Å². The molecule has 0 aliphatic carbocycles. The predicted molar refractivity (Wildman–Crippen MR) is 105 cm³/mol. The van der Waals surface area contributed by atoms with Crippen LogP contribution in [0.25, 0.3) is 11.1 Å². The SMILES string of the molecule is COc1ccc(-c2cnc(N)nc2C2CCCN2C(=O)c2cnn(C)c2)cc1. The summed E-state index contributed by atoms with van der Waals surface area (Å²) in [5, 5.41) is 4.11. The molecule has 8 heteroatoms. The molecular weight excluding hydrogens is 356 g/mol. The highest BCUT2D eigenvalue weighted by Crippen LogP contribution is 2.37. The summed E-state index contributed by atoms with van der Waals surface area (Å²) in [5.41, 5.74) is 9.06. The maximum atomic E-state index is 13.0. The highest BCUT2D eigenvalue weighted by atomic mass is 16.5. The molecule has 1 aliphatic rings. The van der Waals surface area contributed by atoms with Gasteiger partial charge in [-0.2, -0.15) is 5.10 Å². The van der Waals surface area contributed by atoms with Crippen LogP contribution in [0.4, 0.5) is 5.95 Å². The van der Waals surface area contributed by atoms with Crippen LogP contribution in [0.15, 0.2) is 42.9 Å². The minimum atomic E-state index is -0.157. The molecule has 0 bridgehead atoms. The molecule has 144 valence electrons. The number of nitrogens with zero attached hydrogens (tertiary/aromatic N) is 5. The number of benzene rings is 1. The van der Waals surface area contributed by atoms with E-state index >= 15 is 0 Å². The second-order valence-corrected chi connectivity index (χ2v) is 6.81. The number of aromatic nitrogens is 4. The average molecular weight is 378 g/mol. The lowest BCUT2D eigenvalue weighted by molar-refractivity contribution is 0.0733. The van der Waals surface area contributed by atoms with Gasteiger partial charge in [0, 0.05) is 31.5 Å². The van der Waals surface area contributed by atoms with Crippen LogP contribution in [0.2, 0.25) is 0 Å². The number of anilines is 1. The van der Waals surface area contributed by atoms with Crippen molar-refractivity contribution < 1.29 is 9.53 Å². The first-order chi connectivity index (χ1) is 13.6. The highest BCUT2D eigenvalue weighted by molar-refractivity contribution is 5.94. The van der Waals surface area contributed by atoms with Crippen molar-refractivity contribution in [1.29, 1.82) is 0 Å². The molecule has 0 spiro atoms. The minimum Gasteiger partial charge on any atom is -0.497 e. The number of nitrogen functional groups attached to an aromatic ring is 1. The lowest BCUT2D eigenvalue weighted by Crippen LogP contribution is -2.31. The summed E-state index contributed by atoms with van der Waals surface area (Å²) < 4.78 is 6.87. The highest BCUT2D eigenvalue weighted by Gasteiger charge is 2.34. The molecule has 1 saturated heterocycles.